The fourth-order valence-electron chi connectivity index (χ4n) is 3.06. The van der Waals surface area contributed by atoms with Gasteiger partial charge in [0.2, 0.25) is 0 Å². The minimum atomic E-state index is -4.72. The molecule has 0 amide bonds. The molecule has 0 radical (unpaired) electrons. The zero-order chi connectivity index (χ0) is 24.7. The first-order valence-corrected chi connectivity index (χ1v) is 13.8. The van der Waals surface area contributed by atoms with Gasteiger partial charge in [0.25, 0.3) is 20.2 Å². The van der Waals surface area contributed by atoms with Crippen LogP contribution in [0.15, 0.2) is 92.4 Å². The molecule has 0 spiro atoms. The molecule has 4 rings (SSSR count). The second-order valence-electron chi connectivity index (χ2n) is 7.01. The normalized spacial score (nSPS) is 12.1. The minimum absolute atomic E-state index is 0.159. The van der Waals surface area contributed by atoms with Crippen LogP contribution in [0.25, 0.3) is 10.8 Å². The van der Waals surface area contributed by atoms with Crippen LogP contribution >= 0.6 is 35.0 Å². The maximum absolute atomic E-state index is 12.0. The fraction of sp³-hybridized carbons (Fsp3) is 0. The Morgan fingerprint density at radius 1 is 0.735 bits per heavy atom. The molecule has 2 N–H and O–H groups in total. The van der Waals surface area contributed by atoms with Gasteiger partial charge >= 0.3 is 0 Å². The first-order chi connectivity index (χ1) is 15.9. The van der Waals surface area contributed by atoms with Crippen molar-refractivity contribution >= 4 is 66.0 Å². The molecular weight excluding hydrogens is 543 g/mol. The van der Waals surface area contributed by atoms with Crippen molar-refractivity contribution in [2.24, 2.45) is 0 Å². The average Bonchev–Trinajstić information content (AvgIpc) is 2.75. The van der Waals surface area contributed by atoms with Crippen LogP contribution < -0.4 is 4.74 Å². The lowest BCUT2D eigenvalue weighted by Crippen LogP contribution is -2.02. The summed E-state index contributed by atoms with van der Waals surface area (Å²) in [5.41, 5.74) is 0. The first kappa shape index (κ1) is 24.8. The third-order valence-electron chi connectivity index (χ3n) is 4.62. The average molecular weight is 557 g/mol. The number of halogens is 2. The summed E-state index contributed by atoms with van der Waals surface area (Å²) in [6.07, 6.45) is 0. The molecule has 0 saturated heterocycles. The molecule has 4 aromatic rings. The summed E-state index contributed by atoms with van der Waals surface area (Å²) >= 11 is 13.6. The lowest BCUT2D eigenvalue weighted by Gasteiger charge is -2.12. The lowest BCUT2D eigenvalue weighted by molar-refractivity contribution is 0.450. The van der Waals surface area contributed by atoms with Crippen molar-refractivity contribution in [1.29, 1.82) is 0 Å². The molecule has 34 heavy (non-hydrogen) atoms. The number of hydrogen-bond acceptors (Lipinski definition) is 6. The summed E-state index contributed by atoms with van der Waals surface area (Å²) < 4.78 is 71.4. The van der Waals surface area contributed by atoms with Crippen LogP contribution in [-0.2, 0) is 20.2 Å². The minimum Gasteiger partial charge on any atom is -0.456 e. The molecule has 0 unspecified atom stereocenters. The Morgan fingerprint density at radius 3 is 2.09 bits per heavy atom. The van der Waals surface area contributed by atoms with Gasteiger partial charge in [-0.2, -0.15) is 16.8 Å². The van der Waals surface area contributed by atoms with E-state index in [4.69, 9.17) is 27.9 Å². The highest BCUT2D eigenvalue weighted by atomic mass is 35.5. The van der Waals surface area contributed by atoms with Gasteiger partial charge in [-0.3, -0.25) is 9.11 Å². The van der Waals surface area contributed by atoms with Crippen LogP contribution in [-0.4, -0.2) is 25.9 Å². The highest BCUT2D eigenvalue weighted by molar-refractivity contribution is 7.99. The van der Waals surface area contributed by atoms with Gasteiger partial charge in [-0.05, 0) is 77.5 Å². The van der Waals surface area contributed by atoms with Crippen LogP contribution in [0.5, 0.6) is 11.5 Å². The summed E-state index contributed by atoms with van der Waals surface area (Å²) in [5.74, 6) is 0.133. The Kier molecular flexibility index (Phi) is 6.85. The van der Waals surface area contributed by atoms with E-state index < -0.39 is 30.0 Å². The number of hydrogen-bond donors (Lipinski definition) is 2. The summed E-state index contributed by atoms with van der Waals surface area (Å²) in [5, 5.41) is 1.68. The Hall–Kier alpha value is -2.31. The molecule has 7 nitrogen and oxygen atoms in total. The Bertz CT molecular complexity index is 1620. The van der Waals surface area contributed by atoms with Gasteiger partial charge in [-0.25, -0.2) is 0 Å². The van der Waals surface area contributed by atoms with E-state index in [1.807, 2.05) is 0 Å². The molecule has 0 aliphatic rings. The van der Waals surface area contributed by atoms with Crippen molar-refractivity contribution < 1.29 is 30.7 Å². The van der Waals surface area contributed by atoms with Gasteiger partial charge in [-0.1, -0.05) is 41.0 Å². The molecule has 0 bridgehead atoms. The summed E-state index contributed by atoms with van der Waals surface area (Å²) in [7, 11) is -9.21. The van der Waals surface area contributed by atoms with Crippen LogP contribution in [0.2, 0.25) is 10.0 Å². The van der Waals surface area contributed by atoms with Gasteiger partial charge in [0.1, 0.15) is 16.4 Å². The van der Waals surface area contributed by atoms with Gasteiger partial charge in [0.05, 0.1) is 9.92 Å². The fourth-order valence-corrected chi connectivity index (χ4v) is 5.56. The molecular formula is C22H14Cl2O7S3. The molecule has 0 heterocycles. The largest absolute Gasteiger partial charge is 0.456 e. The monoisotopic (exact) mass is 556 g/mol. The number of benzene rings is 4. The van der Waals surface area contributed by atoms with Crippen molar-refractivity contribution in [3.8, 4) is 11.5 Å². The van der Waals surface area contributed by atoms with Crippen molar-refractivity contribution in [2.45, 2.75) is 19.6 Å². The predicted molar refractivity (Wildman–Crippen MR) is 131 cm³/mol. The van der Waals surface area contributed by atoms with Crippen molar-refractivity contribution in [1.82, 2.24) is 0 Å². The predicted octanol–water partition coefficient (Wildman–Crippen LogP) is 6.58. The van der Waals surface area contributed by atoms with Gasteiger partial charge in [0, 0.05) is 14.8 Å². The zero-order valence-electron chi connectivity index (χ0n) is 16.8. The zero-order valence-corrected chi connectivity index (χ0v) is 20.8. The number of rotatable bonds is 6. The molecule has 0 aliphatic carbocycles. The van der Waals surface area contributed by atoms with Gasteiger partial charge in [0.15, 0.2) is 0 Å². The molecule has 176 valence electrons. The molecule has 0 fully saturated rings. The first-order valence-electron chi connectivity index (χ1n) is 9.34. The molecule has 0 atom stereocenters. The van der Waals surface area contributed by atoms with E-state index in [1.165, 1.54) is 30.0 Å². The van der Waals surface area contributed by atoms with Crippen LogP contribution in [0.1, 0.15) is 0 Å². The van der Waals surface area contributed by atoms with Crippen LogP contribution in [0.3, 0.4) is 0 Å². The molecule has 0 aromatic heterocycles. The molecule has 0 aliphatic heterocycles. The van der Waals surface area contributed by atoms with Crippen molar-refractivity contribution in [3.05, 3.63) is 82.8 Å². The third kappa shape index (κ3) is 5.66. The standard InChI is InChI=1S/C22H14Cl2O7S3/c23-15-2-8-19(24)21(12-15)32-17-5-3-16(4-6-17)31-20-10-13-1-7-18(33(25,26)27)9-14(13)11-22(20)34(28,29)30/h1-12H,(H,25,26,27)(H,28,29,30). The Morgan fingerprint density at radius 2 is 1.44 bits per heavy atom. The second-order valence-corrected chi connectivity index (χ2v) is 11.8. The number of fused-ring (bicyclic) bond motifs is 1. The number of ether oxygens (including phenoxy) is 1. The van der Waals surface area contributed by atoms with E-state index >= 15 is 0 Å². The topological polar surface area (TPSA) is 118 Å². The Labute approximate surface area is 209 Å². The third-order valence-corrected chi connectivity index (χ3v) is 8.09. The van der Waals surface area contributed by atoms with E-state index in [0.717, 1.165) is 21.9 Å². The highest BCUT2D eigenvalue weighted by Gasteiger charge is 2.20. The summed E-state index contributed by atoms with van der Waals surface area (Å²) in [6.45, 7) is 0. The summed E-state index contributed by atoms with van der Waals surface area (Å²) in [6, 6.07) is 17.9. The smallest absolute Gasteiger partial charge is 0.298 e. The van der Waals surface area contributed by atoms with E-state index in [-0.39, 0.29) is 11.1 Å². The van der Waals surface area contributed by atoms with E-state index in [1.54, 1.807) is 42.5 Å². The van der Waals surface area contributed by atoms with E-state index in [9.17, 15) is 25.9 Å². The molecule has 12 heteroatoms. The van der Waals surface area contributed by atoms with Crippen molar-refractivity contribution in [2.75, 3.05) is 0 Å². The molecule has 0 saturated carbocycles. The maximum atomic E-state index is 12.0. The SMILES string of the molecule is O=S(=O)(O)c1ccc2cc(Oc3ccc(Sc4cc(Cl)ccc4Cl)cc3)c(S(=O)(=O)O)cc2c1. The van der Waals surface area contributed by atoms with E-state index in [0.29, 0.717) is 21.2 Å². The van der Waals surface area contributed by atoms with Crippen LogP contribution in [0.4, 0.5) is 0 Å². The second kappa shape index (κ2) is 9.38. The molecule has 4 aromatic carbocycles. The van der Waals surface area contributed by atoms with Gasteiger partial charge < -0.3 is 4.74 Å². The van der Waals surface area contributed by atoms with Crippen molar-refractivity contribution in [3.63, 3.8) is 0 Å². The maximum Gasteiger partial charge on any atom is 0.298 e. The van der Waals surface area contributed by atoms with Gasteiger partial charge in [-0.15, -0.1) is 0 Å². The quantitative estimate of drug-likeness (QED) is 0.255. The summed E-state index contributed by atoms with van der Waals surface area (Å²) in [4.78, 5) is 0.609. The Balaban J connectivity index is 1.67. The highest BCUT2D eigenvalue weighted by Crippen LogP contribution is 2.37. The lowest BCUT2D eigenvalue weighted by atomic mass is 10.1. The van der Waals surface area contributed by atoms with Crippen LogP contribution in [0, 0.1) is 0 Å². The van der Waals surface area contributed by atoms with E-state index in [2.05, 4.69) is 0 Å².